The van der Waals surface area contributed by atoms with Crippen LogP contribution in [0.1, 0.15) is 79.1 Å². The van der Waals surface area contributed by atoms with Crippen LogP contribution in [0.2, 0.25) is 0 Å². The van der Waals surface area contributed by atoms with Gasteiger partial charge in [-0.05, 0) is 74.0 Å². The van der Waals surface area contributed by atoms with E-state index in [0.29, 0.717) is 17.8 Å². The molecule has 3 unspecified atom stereocenters. The first-order chi connectivity index (χ1) is 15.1. The molecule has 6 fully saturated rings. The Kier molecular flexibility index (Phi) is 4.83. The molecule has 2 N–H and O–H groups in total. The van der Waals surface area contributed by atoms with Crippen LogP contribution < -0.4 is 0 Å². The maximum absolute atomic E-state index is 14.1. The molecule has 1 spiro atoms. The number of carbonyl (C=O) groups excluding carboxylic acids is 1. The van der Waals surface area contributed by atoms with Crippen LogP contribution >= 0.6 is 0 Å². The summed E-state index contributed by atoms with van der Waals surface area (Å²) in [4.78, 5) is 14.1. The third kappa shape index (κ3) is 2.63. The molecule has 0 bridgehead atoms. The van der Waals surface area contributed by atoms with E-state index in [1.165, 1.54) is 0 Å². The zero-order valence-electron chi connectivity index (χ0n) is 20.3. The van der Waals surface area contributed by atoms with Gasteiger partial charge in [-0.3, -0.25) is 4.79 Å². The van der Waals surface area contributed by atoms with Crippen molar-refractivity contribution in [2.24, 2.45) is 52.3 Å². The smallest absolute Gasteiger partial charge is 0.171 e. The summed E-state index contributed by atoms with van der Waals surface area (Å²) in [6, 6.07) is 0. The number of rotatable bonds is 0. The standard InChI is InChI=1S/C27H42O5/c1-14-7-10-27(31-13-14)15(2)21-20(32-27)12-19-18-6-5-16-11-17(28)8-9-25(16,3)22(18)23(29)24(30)26(19,21)4/h14-23,28-29H,5-13H2,1-4H3/t14-,15+,16?,17?,18+,19+,20+,21+,22-,23?,25+,26+,27-/m1/s1. The molecule has 2 heterocycles. The van der Waals surface area contributed by atoms with Crippen molar-refractivity contribution >= 4 is 5.78 Å². The van der Waals surface area contributed by atoms with Gasteiger partial charge in [-0.15, -0.1) is 0 Å². The number of aliphatic hydroxyl groups excluding tert-OH is 2. The van der Waals surface area contributed by atoms with Crippen molar-refractivity contribution in [2.45, 2.75) is 103 Å². The summed E-state index contributed by atoms with van der Waals surface area (Å²) in [5.41, 5.74) is -0.579. The average Bonchev–Trinajstić information content (AvgIpc) is 3.20. The molecule has 6 aliphatic rings. The molecule has 2 saturated heterocycles. The van der Waals surface area contributed by atoms with Gasteiger partial charge in [0.25, 0.3) is 0 Å². The summed E-state index contributed by atoms with van der Waals surface area (Å²) in [6.45, 7) is 9.67. The average molecular weight is 447 g/mol. The van der Waals surface area contributed by atoms with Gasteiger partial charge in [-0.25, -0.2) is 0 Å². The van der Waals surface area contributed by atoms with Crippen LogP contribution in [-0.2, 0) is 14.3 Å². The number of ether oxygens (including phenoxy) is 2. The number of aliphatic hydroxyl groups is 2. The van der Waals surface area contributed by atoms with Gasteiger partial charge in [0, 0.05) is 29.6 Å². The highest BCUT2D eigenvalue weighted by Crippen LogP contribution is 2.70. The summed E-state index contributed by atoms with van der Waals surface area (Å²) < 4.78 is 13.1. The molecule has 5 nitrogen and oxygen atoms in total. The van der Waals surface area contributed by atoms with Gasteiger partial charge in [0.1, 0.15) is 6.10 Å². The fourth-order valence-corrected chi connectivity index (χ4v) is 10.1. The highest BCUT2D eigenvalue weighted by atomic mass is 16.7. The van der Waals surface area contributed by atoms with Gasteiger partial charge in [-0.2, -0.15) is 0 Å². The van der Waals surface area contributed by atoms with Crippen LogP contribution in [0.3, 0.4) is 0 Å². The number of hydrogen-bond acceptors (Lipinski definition) is 5. The van der Waals surface area contributed by atoms with Gasteiger partial charge >= 0.3 is 0 Å². The van der Waals surface area contributed by atoms with E-state index in [0.717, 1.165) is 58.0 Å². The van der Waals surface area contributed by atoms with E-state index < -0.39 is 17.3 Å². The molecule has 6 rings (SSSR count). The van der Waals surface area contributed by atoms with Crippen molar-refractivity contribution in [2.75, 3.05) is 6.61 Å². The summed E-state index contributed by atoms with van der Waals surface area (Å²) in [5.74, 6) is 1.47. The maximum Gasteiger partial charge on any atom is 0.171 e. The van der Waals surface area contributed by atoms with Crippen LogP contribution in [0.25, 0.3) is 0 Å². The zero-order chi connectivity index (χ0) is 22.6. The highest BCUT2D eigenvalue weighted by molar-refractivity contribution is 5.91. The molecule has 0 radical (unpaired) electrons. The largest absolute Gasteiger partial charge is 0.393 e. The molecular weight excluding hydrogens is 404 g/mol. The number of hydrogen-bond donors (Lipinski definition) is 2. The van der Waals surface area contributed by atoms with E-state index >= 15 is 0 Å². The Hall–Kier alpha value is -0.490. The van der Waals surface area contributed by atoms with Crippen LogP contribution in [0.4, 0.5) is 0 Å². The predicted molar refractivity (Wildman–Crippen MR) is 120 cm³/mol. The lowest BCUT2D eigenvalue weighted by Gasteiger charge is -2.61. The number of Topliss-reactive ketones (excluding diaryl/α,β-unsaturated/α-hetero) is 1. The fourth-order valence-electron chi connectivity index (χ4n) is 10.1. The van der Waals surface area contributed by atoms with E-state index in [9.17, 15) is 15.0 Å². The van der Waals surface area contributed by atoms with Gasteiger partial charge in [-0.1, -0.05) is 27.7 Å². The minimum absolute atomic E-state index is 0.0224. The van der Waals surface area contributed by atoms with Crippen molar-refractivity contribution in [3.63, 3.8) is 0 Å². The zero-order valence-corrected chi connectivity index (χ0v) is 20.3. The number of ketones is 1. The Bertz CT molecular complexity index is 789. The fraction of sp³-hybridized carbons (Fsp3) is 0.963. The summed E-state index contributed by atoms with van der Waals surface area (Å²) in [5, 5.41) is 21.9. The molecular formula is C27H42O5. The third-order valence-corrected chi connectivity index (χ3v) is 11.8. The number of carbonyl (C=O) groups is 1. The van der Waals surface area contributed by atoms with Gasteiger partial charge < -0.3 is 19.7 Å². The molecule has 2 aliphatic heterocycles. The summed E-state index contributed by atoms with van der Waals surface area (Å²) in [6.07, 6.45) is 6.60. The second kappa shape index (κ2) is 7.02. The molecule has 4 saturated carbocycles. The lowest BCUT2D eigenvalue weighted by molar-refractivity contribution is -0.273. The first kappa shape index (κ1) is 22.0. The molecule has 4 aliphatic carbocycles. The molecule has 0 aromatic rings. The Morgan fingerprint density at radius 1 is 0.969 bits per heavy atom. The molecule has 180 valence electrons. The van der Waals surface area contributed by atoms with E-state index in [4.69, 9.17) is 9.47 Å². The van der Waals surface area contributed by atoms with Crippen LogP contribution in [-0.4, -0.2) is 46.7 Å². The Morgan fingerprint density at radius 3 is 2.47 bits per heavy atom. The highest BCUT2D eigenvalue weighted by Gasteiger charge is 2.73. The minimum Gasteiger partial charge on any atom is -0.393 e. The Morgan fingerprint density at radius 2 is 1.75 bits per heavy atom. The lowest BCUT2D eigenvalue weighted by Crippen LogP contribution is -2.64. The molecule has 0 aromatic heterocycles. The van der Waals surface area contributed by atoms with Crippen molar-refractivity contribution in [3.05, 3.63) is 0 Å². The van der Waals surface area contributed by atoms with E-state index in [1.54, 1.807) is 0 Å². The summed E-state index contributed by atoms with van der Waals surface area (Å²) in [7, 11) is 0. The molecule has 32 heavy (non-hydrogen) atoms. The summed E-state index contributed by atoms with van der Waals surface area (Å²) >= 11 is 0. The Labute approximate surface area is 192 Å². The van der Waals surface area contributed by atoms with Gasteiger partial charge in [0.2, 0.25) is 0 Å². The van der Waals surface area contributed by atoms with Crippen LogP contribution in [0, 0.1) is 52.3 Å². The Balaban J connectivity index is 1.34. The third-order valence-electron chi connectivity index (χ3n) is 11.8. The predicted octanol–water partition coefficient (Wildman–Crippen LogP) is 3.94. The molecule has 13 atom stereocenters. The second-order valence-corrected chi connectivity index (χ2v) is 13.1. The first-order valence-electron chi connectivity index (χ1n) is 13.3. The van der Waals surface area contributed by atoms with E-state index in [-0.39, 0.29) is 47.1 Å². The van der Waals surface area contributed by atoms with E-state index in [1.807, 2.05) is 0 Å². The minimum atomic E-state index is -0.890. The lowest BCUT2D eigenvalue weighted by atomic mass is 9.43. The topological polar surface area (TPSA) is 76.0 Å². The van der Waals surface area contributed by atoms with E-state index in [2.05, 4.69) is 27.7 Å². The van der Waals surface area contributed by atoms with Crippen molar-refractivity contribution in [1.82, 2.24) is 0 Å². The second-order valence-electron chi connectivity index (χ2n) is 13.1. The monoisotopic (exact) mass is 446 g/mol. The molecule has 0 amide bonds. The van der Waals surface area contributed by atoms with Gasteiger partial charge in [0.05, 0.1) is 18.8 Å². The maximum atomic E-state index is 14.1. The molecule has 0 aromatic carbocycles. The molecule has 5 heteroatoms. The van der Waals surface area contributed by atoms with Crippen molar-refractivity contribution < 1.29 is 24.5 Å². The SMILES string of the molecule is C[C@@H]1CC[C@@]2(OC1)O[C@H]1C[C@H]3[C@@H]4CCC5CC(O)CC[C@]5(C)[C@H]4C(O)C(=O)[C@]3(C)[C@H]1[C@@H]2C. The van der Waals surface area contributed by atoms with Gasteiger partial charge in [0.15, 0.2) is 11.6 Å². The van der Waals surface area contributed by atoms with Crippen LogP contribution in [0.15, 0.2) is 0 Å². The number of fused-ring (bicyclic) bond motifs is 7. The normalized spacial score (nSPS) is 61.8. The quantitative estimate of drug-likeness (QED) is 0.589. The van der Waals surface area contributed by atoms with Crippen molar-refractivity contribution in [3.8, 4) is 0 Å². The first-order valence-corrected chi connectivity index (χ1v) is 13.3. The van der Waals surface area contributed by atoms with Crippen LogP contribution in [0.5, 0.6) is 0 Å². The van der Waals surface area contributed by atoms with Crippen molar-refractivity contribution in [1.29, 1.82) is 0 Å².